The maximum Gasteiger partial charge on any atom is 0.128 e. The summed E-state index contributed by atoms with van der Waals surface area (Å²) in [6, 6.07) is 12.1. The van der Waals surface area contributed by atoms with E-state index in [1.54, 1.807) is 19.2 Å². The molecule has 2 aromatic rings. The number of hydrogen-bond acceptors (Lipinski definition) is 2. The molecule has 0 heterocycles. The predicted octanol–water partition coefficient (Wildman–Crippen LogP) is 4.33. The molecule has 1 fully saturated rings. The molecule has 1 atom stereocenters. The zero-order valence-electron chi connectivity index (χ0n) is 11.8. The minimum atomic E-state index is -0.267. The van der Waals surface area contributed by atoms with Crippen LogP contribution in [-0.4, -0.2) is 13.2 Å². The van der Waals surface area contributed by atoms with Gasteiger partial charge in [-0.15, -0.1) is 0 Å². The van der Waals surface area contributed by atoms with Crippen molar-refractivity contribution in [3.63, 3.8) is 0 Å². The first-order valence-corrected chi connectivity index (χ1v) is 7.44. The molecule has 1 aliphatic rings. The minimum Gasteiger partial charge on any atom is -0.490 e. The fourth-order valence-electron chi connectivity index (χ4n) is 2.35. The van der Waals surface area contributed by atoms with Gasteiger partial charge in [-0.2, -0.15) is 0 Å². The lowest BCUT2D eigenvalue weighted by Crippen LogP contribution is -2.19. The molecule has 1 unspecified atom stereocenters. The van der Waals surface area contributed by atoms with Crippen LogP contribution in [0.25, 0.3) is 0 Å². The molecule has 3 rings (SSSR count). The van der Waals surface area contributed by atoms with Gasteiger partial charge in [0.15, 0.2) is 0 Å². The summed E-state index contributed by atoms with van der Waals surface area (Å²) >= 11 is 5.98. The average molecular weight is 306 g/mol. The molecule has 2 nitrogen and oxygen atoms in total. The van der Waals surface area contributed by atoms with Crippen LogP contribution in [0.1, 0.15) is 30.0 Å². The van der Waals surface area contributed by atoms with Gasteiger partial charge in [0.25, 0.3) is 0 Å². The molecule has 1 saturated carbocycles. The van der Waals surface area contributed by atoms with Gasteiger partial charge < -0.3 is 10.1 Å². The van der Waals surface area contributed by atoms with Crippen molar-refractivity contribution in [1.82, 2.24) is 5.32 Å². The Hall–Kier alpha value is -1.58. The third-order valence-corrected chi connectivity index (χ3v) is 3.83. The Labute approximate surface area is 128 Å². The summed E-state index contributed by atoms with van der Waals surface area (Å²) in [5, 5.41) is 3.66. The van der Waals surface area contributed by atoms with Crippen LogP contribution in [0.4, 0.5) is 4.39 Å². The molecule has 0 aliphatic heterocycles. The zero-order chi connectivity index (χ0) is 14.8. The van der Waals surface area contributed by atoms with Crippen LogP contribution in [0.2, 0.25) is 5.02 Å². The molecule has 0 aromatic heterocycles. The van der Waals surface area contributed by atoms with E-state index < -0.39 is 0 Å². The molecule has 4 heteroatoms. The summed E-state index contributed by atoms with van der Waals surface area (Å²) in [5.41, 5.74) is 1.52. The van der Waals surface area contributed by atoms with Crippen molar-refractivity contribution < 1.29 is 9.13 Å². The second-order valence-electron chi connectivity index (χ2n) is 5.27. The highest BCUT2D eigenvalue weighted by atomic mass is 35.5. The monoisotopic (exact) mass is 305 g/mol. The summed E-state index contributed by atoms with van der Waals surface area (Å²) in [6.45, 7) is 0. The molecule has 0 bridgehead atoms. The fourth-order valence-corrected chi connectivity index (χ4v) is 2.54. The van der Waals surface area contributed by atoms with Gasteiger partial charge in [0.2, 0.25) is 0 Å². The molecular weight excluding hydrogens is 289 g/mol. The Morgan fingerprint density at radius 3 is 2.52 bits per heavy atom. The van der Waals surface area contributed by atoms with Crippen LogP contribution in [0, 0.1) is 5.82 Å². The lowest BCUT2D eigenvalue weighted by atomic mass is 9.98. The van der Waals surface area contributed by atoms with Crippen LogP contribution in [0.15, 0.2) is 42.5 Å². The molecule has 2 aromatic carbocycles. The first-order valence-electron chi connectivity index (χ1n) is 7.06. The van der Waals surface area contributed by atoms with Gasteiger partial charge >= 0.3 is 0 Å². The Kier molecular flexibility index (Phi) is 4.13. The van der Waals surface area contributed by atoms with Crippen molar-refractivity contribution in [2.75, 3.05) is 7.05 Å². The second-order valence-corrected chi connectivity index (χ2v) is 5.71. The third kappa shape index (κ3) is 3.36. The normalized spacial score (nSPS) is 15.8. The highest BCUT2D eigenvalue weighted by molar-refractivity contribution is 6.30. The predicted molar refractivity (Wildman–Crippen MR) is 82.4 cm³/mol. The smallest absolute Gasteiger partial charge is 0.128 e. The van der Waals surface area contributed by atoms with Crippen LogP contribution >= 0.6 is 11.6 Å². The number of hydrogen-bond donors (Lipinski definition) is 1. The van der Waals surface area contributed by atoms with E-state index in [1.807, 2.05) is 24.3 Å². The second kappa shape index (κ2) is 6.04. The van der Waals surface area contributed by atoms with Crippen LogP contribution in [0.5, 0.6) is 5.75 Å². The Morgan fingerprint density at radius 2 is 1.90 bits per heavy atom. The van der Waals surface area contributed by atoms with E-state index in [1.165, 1.54) is 6.07 Å². The molecule has 110 valence electrons. The van der Waals surface area contributed by atoms with E-state index in [0.717, 1.165) is 24.2 Å². The molecule has 1 N–H and O–H groups in total. The summed E-state index contributed by atoms with van der Waals surface area (Å²) in [7, 11) is 1.81. The maximum absolute atomic E-state index is 14.0. The highest BCUT2D eigenvalue weighted by Crippen LogP contribution is 2.30. The Balaban J connectivity index is 1.86. The average Bonchev–Trinajstić information content (AvgIpc) is 3.29. The van der Waals surface area contributed by atoms with Crippen LogP contribution in [0.3, 0.4) is 0 Å². The lowest BCUT2D eigenvalue weighted by Gasteiger charge is -2.18. The van der Waals surface area contributed by atoms with E-state index in [4.69, 9.17) is 16.3 Å². The molecule has 0 amide bonds. The molecule has 1 aliphatic carbocycles. The standard InChI is InChI=1S/C17H17ClFNO/c1-20-17(15-10-12(18)4-9-16(15)19)11-2-5-13(6-3-11)21-14-7-8-14/h2-6,9-10,14,17,20H,7-8H2,1H3. The molecule has 0 spiro atoms. The van der Waals surface area contributed by atoms with Crippen molar-refractivity contribution >= 4 is 11.6 Å². The first kappa shape index (κ1) is 14.4. The van der Waals surface area contributed by atoms with Crippen molar-refractivity contribution in [3.8, 4) is 5.75 Å². The summed E-state index contributed by atoms with van der Waals surface area (Å²) in [6.07, 6.45) is 2.64. The van der Waals surface area contributed by atoms with Gasteiger partial charge in [0, 0.05) is 10.6 Å². The van der Waals surface area contributed by atoms with E-state index >= 15 is 0 Å². The lowest BCUT2D eigenvalue weighted by molar-refractivity contribution is 0.303. The summed E-state index contributed by atoms with van der Waals surface area (Å²) in [5.74, 6) is 0.597. The van der Waals surface area contributed by atoms with Gasteiger partial charge in [0.1, 0.15) is 11.6 Å². The SMILES string of the molecule is CNC(c1ccc(OC2CC2)cc1)c1cc(Cl)ccc1F. The van der Waals surface area contributed by atoms with Crippen molar-refractivity contribution in [3.05, 3.63) is 64.4 Å². The minimum absolute atomic E-state index is 0.237. The van der Waals surface area contributed by atoms with Crippen LogP contribution < -0.4 is 10.1 Å². The van der Waals surface area contributed by atoms with Gasteiger partial charge in [-0.1, -0.05) is 23.7 Å². The fraction of sp³-hybridized carbons (Fsp3) is 0.294. The van der Waals surface area contributed by atoms with E-state index in [0.29, 0.717) is 16.7 Å². The zero-order valence-corrected chi connectivity index (χ0v) is 12.5. The largest absolute Gasteiger partial charge is 0.490 e. The summed E-state index contributed by atoms with van der Waals surface area (Å²) in [4.78, 5) is 0. The van der Waals surface area contributed by atoms with Crippen molar-refractivity contribution in [2.24, 2.45) is 0 Å². The van der Waals surface area contributed by atoms with Gasteiger partial charge in [-0.05, 0) is 55.8 Å². The number of ether oxygens (including phenoxy) is 1. The maximum atomic E-state index is 14.0. The topological polar surface area (TPSA) is 21.3 Å². The summed E-state index contributed by atoms with van der Waals surface area (Å²) < 4.78 is 19.8. The number of rotatable bonds is 5. The Bertz CT molecular complexity index is 625. The number of benzene rings is 2. The van der Waals surface area contributed by atoms with Crippen LogP contribution in [-0.2, 0) is 0 Å². The van der Waals surface area contributed by atoms with E-state index in [2.05, 4.69) is 5.32 Å². The molecular formula is C17H17ClFNO. The number of halogens is 2. The first-order chi connectivity index (χ1) is 10.2. The van der Waals surface area contributed by atoms with Crippen molar-refractivity contribution in [2.45, 2.75) is 25.0 Å². The van der Waals surface area contributed by atoms with Crippen molar-refractivity contribution in [1.29, 1.82) is 0 Å². The third-order valence-electron chi connectivity index (χ3n) is 3.60. The van der Waals surface area contributed by atoms with Gasteiger partial charge in [-0.3, -0.25) is 0 Å². The van der Waals surface area contributed by atoms with E-state index in [9.17, 15) is 4.39 Å². The number of nitrogens with one attached hydrogen (secondary N) is 1. The van der Waals surface area contributed by atoms with Gasteiger partial charge in [-0.25, -0.2) is 4.39 Å². The highest BCUT2D eigenvalue weighted by Gasteiger charge is 2.23. The molecule has 0 saturated heterocycles. The molecule has 21 heavy (non-hydrogen) atoms. The van der Waals surface area contributed by atoms with Gasteiger partial charge in [0.05, 0.1) is 12.1 Å². The van der Waals surface area contributed by atoms with E-state index in [-0.39, 0.29) is 11.9 Å². The molecule has 0 radical (unpaired) electrons. The Morgan fingerprint density at radius 1 is 1.19 bits per heavy atom. The quantitative estimate of drug-likeness (QED) is 0.888.